The van der Waals surface area contributed by atoms with Gasteiger partial charge < -0.3 is 14.8 Å². The van der Waals surface area contributed by atoms with E-state index in [-0.39, 0.29) is 0 Å². The van der Waals surface area contributed by atoms with E-state index in [0.717, 1.165) is 0 Å². The zero-order valence-electron chi connectivity index (χ0n) is 10.3. The fraction of sp³-hybridized carbons (Fsp3) is 0.333. The molecule has 0 radical (unpaired) electrons. The molecular formula is C12H14ClNO4. The molecule has 1 N–H and O–H groups in total. The molecule has 0 unspecified atom stereocenters. The molecule has 6 heteroatoms. The van der Waals surface area contributed by atoms with Gasteiger partial charge in [-0.05, 0) is 25.1 Å². The van der Waals surface area contributed by atoms with Crippen LogP contribution in [0.25, 0.3) is 0 Å². The molecule has 1 amide bonds. The summed E-state index contributed by atoms with van der Waals surface area (Å²) in [6.45, 7) is 2.72. The van der Waals surface area contributed by atoms with Gasteiger partial charge in [0.25, 0.3) is 5.91 Å². The summed E-state index contributed by atoms with van der Waals surface area (Å²) in [6.07, 6.45) is -0.883. The van der Waals surface area contributed by atoms with Crippen molar-refractivity contribution >= 4 is 29.2 Å². The first-order chi connectivity index (χ1) is 8.43. The number of carbonyl (C=O) groups is 2. The number of amides is 1. The number of benzene rings is 1. The van der Waals surface area contributed by atoms with E-state index in [0.29, 0.717) is 16.5 Å². The Morgan fingerprint density at radius 2 is 2.06 bits per heavy atom. The number of rotatable bonds is 4. The Labute approximate surface area is 110 Å². The van der Waals surface area contributed by atoms with Crippen molar-refractivity contribution in [3.05, 3.63) is 23.2 Å². The number of halogens is 1. The van der Waals surface area contributed by atoms with Crippen LogP contribution in [-0.2, 0) is 14.3 Å². The zero-order chi connectivity index (χ0) is 13.7. The van der Waals surface area contributed by atoms with Crippen molar-refractivity contribution in [2.24, 2.45) is 0 Å². The van der Waals surface area contributed by atoms with Crippen molar-refractivity contribution in [3.63, 3.8) is 0 Å². The lowest BCUT2D eigenvalue weighted by molar-refractivity contribution is -0.150. The third kappa shape index (κ3) is 3.92. The van der Waals surface area contributed by atoms with Crippen LogP contribution in [-0.4, -0.2) is 25.1 Å². The molecule has 98 valence electrons. The highest BCUT2D eigenvalue weighted by Gasteiger charge is 2.17. The molecule has 0 fully saturated rings. The van der Waals surface area contributed by atoms with E-state index >= 15 is 0 Å². The quantitative estimate of drug-likeness (QED) is 0.853. The number of methoxy groups -OCH3 is 1. The maximum atomic E-state index is 11.7. The molecule has 1 aromatic rings. The molecule has 0 heterocycles. The summed E-state index contributed by atoms with van der Waals surface area (Å²) < 4.78 is 9.84. The van der Waals surface area contributed by atoms with Gasteiger partial charge in [-0.1, -0.05) is 11.6 Å². The summed E-state index contributed by atoms with van der Waals surface area (Å²) in [5.41, 5.74) is 0.425. The lowest BCUT2D eigenvalue weighted by Crippen LogP contribution is -2.29. The summed E-state index contributed by atoms with van der Waals surface area (Å²) in [5, 5.41) is 3.05. The third-order valence-electron chi connectivity index (χ3n) is 2.13. The molecule has 0 aromatic heterocycles. The predicted octanol–water partition coefficient (Wildman–Crippen LogP) is 2.24. The van der Waals surface area contributed by atoms with E-state index < -0.39 is 18.0 Å². The van der Waals surface area contributed by atoms with Gasteiger partial charge in [0.2, 0.25) is 0 Å². The lowest BCUT2D eigenvalue weighted by Gasteiger charge is -2.14. The minimum absolute atomic E-state index is 0.425. The van der Waals surface area contributed by atoms with Gasteiger partial charge in [-0.3, -0.25) is 9.59 Å². The SMILES string of the molecule is COc1ccc(Cl)cc1NC(=O)[C@@H](C)OC(C)=O. The Kier molecular flexibility index (Phi) is 4.97. The van der Waals surface area contributed by atoms with Crippen molar-refractivity contribution < 1.29 is 19.1 Å². The molecule has 1 aromatic carbocycles. The van der Waals surface area contributed by atoms with Crippen molar-refractivity contribution in [2.45, 2.75) is 20.0 Å². The molecule has 5 nitrogen and oxygen atoms in total. The van der Waals surface area contributed by atoms with Crippen LogP contribution >= 0.6 is 11.6 Å². The molecule has 0 saturated carbocycles. The third-order valence-corrected chi connectivity index (χ3v) is 2.37. The first-order valence-electron chi connectivity index (χ1n) is 5.25. The van der Waals surface area contributed by atoms with Crippen LogP contribution in [0, 0.1) is 0 Å². The molecule has 0 aliphatic rings. The van der Waals surface area contributed by atoms with Gasteiger partial charge >= 0.3 is 5.97 Å². The van der Waals surface area contributed by atoms with Gasteiger partial charge in [0.15, 0.2) is 6.10 Å². The van der Waals surface area contributed by atoms with Crippen molar-refractivity contribution in [1.82, 2.24) is 0 Å². The van der Waals surface area contributed by atoms with E-state index in [4.69, 9.17) is 21.1 Å². The van der Waals surface area contributed by atoms with Crippen LogP contribution in [0.2, 0.25) is 5.02 Å². The van der Waals surface area contributed by atoms with Crippen LogP contribution in [0.1, 0.15) is 13.8 Å². The number of ether oxygens (including phenoxy) is 2. The molecule has 1 atom stereocenters. The fourth-order valence-corrected chi connectivity index (χ4v) is 1.49. The van der Waals surface area contributed by atoms with E-state index in [1.54, 1.807) is 18.2 Å². The standard InChI is InChI=1S/C12H14ClNO4/c1-7(18-8(2)15)12(16)14-10-6-9(13)4-5-11(10)17-3/h4-7H,1-3H3,(H,14,16)/t7-/m1/s1. The first-order valence-corrected chi connectivity index (χ1v) is 5.63. The summed E-state index contributed by atoms with van der Waals surface area (Å²) >= 11 is 5.83. The van der Waals surface area contributed by atoms with Gasteiger partial charge in [0.1, 0.15) is 5.75 Å². The Balaban J connectivity index is 2.80. The second kappa shape index (κ2) is 6.26. The Morgan fingerprint density at radius 1 is 1.39 bits per heavy atom. The van der Waals surface area contributed by atoms with Gasteiger partial charge in [-0.2, -0.15) is 0 Å². The van der Waals surface area contributed by atoms with E-state index in [1.165, 1.54) is 21.0 Å². The molecule has 0 aliphatic carbocycles. The average molecular weight is 272 g/mol. The van der Waals surface area contributed by atoms with Crippen LogP contribution in [0.4, 0.5) is 5.69 Å². The molecule has 0 bridgehead atoms. The summed E-state index contributed by atoms with van der Waals surface area (Å²) in [6, 6.07) is 4.83. The Bertz CT molecular complexity index is 461. The van der Waals surface area contributed by atoms with Gasteiger partial charge in [0, 0.05) is 11.9 Å². The van der Waals surface area contributed by atoms with Gasteiger partial charge in [-0.25, -0.2) is 0 Å². The fourth-order valence-electron chi connectivity index (χ4n) is 1.31. The largest absolute Gasteiger partial charge is 0.495 e. The van der Waals surface area contributed by atoms with Crippen LogP contribution in [0.3, 0.4) is 0 Å². The normalized spacial score (nSPS) is 11.6. The van der Waals surface area contributed by atoms with Gasteiger partial charge in [-0.15, -0.1) is 0 Å². The second-order valence-electron chi connectivity index (χ2n) is 3.59. The number of hydrogen-bond donors (Lipinski definition) is 1. The highest BCUT2D eigenvalue weighted by molar-refractivity contribution is 6.31. The van der Waals surface area contributed by atoms with E-state index in [9.17, 15) is 9.59 Å². The lowest BCUT2D eigenvalue weighted by atomic mass is 10.2. The number of nitrogens with one attached hydrogen (secondary N) is 1. The van der Waals surface area contributed by atoms with Crippen molar-refractivity contribution in [2.75, 3.05) is 12.4 Å². The molecule has 0 spiro atoms. The Hall–Kier alpha value is -1.75. The van der Waals surface area contributed by atoms with Crippen LogP contribution in [0.5, 0.6) is 5.75 Å². The molecule has 18 heavy (non-hydrogen) atoms. The highest BCUT2D eigenvalue weighted by atomic mass is 35.5. The number of carbonyl (C=O) groups excluding carboxylic acids is 2. The smallest absolute Gasteiger partial charge is 0.303 e. The molecular weight excluding hydrogens is 258 g/mol. The average Bonchev–Trinajstić information content (AvgIpc) is 2.28. The number of anilines is 1. The van der Waals surface area contributed by atoms with Gasteiger partial charge in [0.05, 0.1) is 12.8 Å². The maximum absolute atomic E-state index is 11.7. The molecule has 0 saturated heterocycles. The second-order valence-corrected chi connectivity index (χ2v) is 4.02. The minimum atomic E-state index is -0.883. The van der Waals surface area contributed by atoms with Crippen LogP contribution in [0.15, 0.2) is 18.2 Å². The number of esters is 1. The summed E-state index contributed by atoms with van der Waals surface area (Å²) in [4.78, 5) is 22.5. The van der Waals surface area contributed by atoms with Crippen LogP contribution < -0.4 is 10.1 Å². The molecule has 0 aliphatic heterocycles. The summed E-state index contributed by atoms with van der Waals surface area (Å²) in [5.74, 6) is -0.496. The van der Waals surface area contributed by atoms with E-state index in [1.807, 2.05) is 0 Å². The Morgan fingerprint density at radius 3 is 2.61 bits per heavy atom. The van der Waals surface area contributed by atoms with Crippen molar-refractivity contribution in [1.29, 1.82) is 0 Å². The van der Waals surface area contributed by atoms with Crippen molar-refractivity contribution in [3.8, 4) is 5.75 Å². The predicted molar refractivity (Wildman–Crippen MR) is 67.9 cm³/mol. The maximum Gasteiger partial charge on any atom is 0.303 e. The minimum Gasteiger partial charge on any atom is -0.495 e. The highest BCUT2D eigenvalue weighted by Crippen LogP contribution is 2.27. The number of hydrogen-bond acceptors (Lipinski definition) is 4. The molecule has 1 rings (SSSR count). The topological polar surface area (TPSA) is 64.6 Å². The summed E-state index contributed by atoms with van der Waals surface area (Å²) in [7, 11) is 1.48. The first kappa shape index (κ1) is 14.3. The monoisotopic (exact) mass is 271 g/mol. The van der Waals surface area contributed by atoms with E-state index in [2.05, 4.69) is 5.32 Å². The zero-order valence-corrected chi connectivity index (χ0v) is 11.1.